The van der Waals surface area contributed by atoms with Crippen LogP contribution >= 0.6 is 0 Å². The number of carbonyl (C=O) groups excluding carboxylic acids is 2. The number of hydrogen-bond acceptors (Lipinski definition) is 4. The van der Waals surface area contributed by atoms with Crippen molar-refractivity contribution in [2.24, 2.45) is 11.8 Å². The highest BCUT2D eigenvalue weighted by Crippen LogP contribution is 2.64. The van der Waals surface area contributed by atoms with Gasteiger partial charge >= 0.3 is 11.9 Å². The average Bonchev–Trinajstić information content (AvgIpc) is 3.09. The Labute approximate surface area is 187 Å². The highest BCUT2D eigenvalue weighted by molar-refractivity contribution is 6.25. The first-order valence-electron chi connectivity index (χ1n) is 10.5. The smallest absolute Gasteiger partial charge is 0.335 e. The molecule has 162 valence electrons. The number of benzene rings is 3. The van der Waals surface area contributed by atoms with Gasteiger partial charge in [0.15, 0.2) is 0 Å². The molecule has 1 fully saturated rings. The second-order valence-electron chi connectivity index (χ2n) is 8.63. The first-order chi connectivity index (χ1) is 15.9. The van der Waals surface area contributed by atoms with Crippen molar-refractivity contribution in [1.29, 1.82) is 0 Å². The largest absolute Gasteiger partial charge is 0.480 e. The summed E-state index contributed by atoms with van der Waals surface area (Å²) in [4.78, 5) is 52.9. The maximum Gasteiger partial charge on any atom is 0.335 e. The molecule has 0 radical (unpaired) electrons. The zero-order valence-corrected chi connectivity index (χ0v) is 17.1. The highest BCUT2D eigenvalue weighted by Gasteiger charge is 2.71. The molecule has 2 atom stereocenters. The molecule has 2 amide bonds. The van der Waals surface area contributed by atoms with Crippen molar-refractivity contribution in [1.82, 2.24) is 0 Å². The standard InChI is InChI=1S/C26H17NO6/c28-22-20-19-15-5-1-3-7-17(15)26(25(32)33,18-8-4-2-6-16(18)19)21(20)23(29)27(22)14-11-9-13(10-12-14)24(30)31/h1-12,19-21H,(H,30,31)(H,32,33)/t19?,20-,21-,26?/m0/s1. The molecule has 1 saturated heterocycles. The Morgan fingerprint density at radius 2 is 1.30 bits per heavy atom. The van der Waals surface area contributed by atoms with Crippen molar-refractivity contribution >= 4 is 29.4 Å². The monoisotopic (exact) mass is 439 g/mol. The van der Waals surface area contributed by atoms with Gasteiger partial charge < -0.3 is 10.2 Å². The van der Waals surface area contributed by atoms with E-state index in [1.54, 1.807) is 24.3 Å². The first-order valence-corrected chi connectivity index (χ1v) is 10.5. The number of carboxylic acid groups (broad SMARTS) is 2. The van der Waals surface area contributed by atoms with Crippen LogP contribution in [-0.4, -0.2) is 34.0 Å². The highest BCUT2D eigenvalue weighted by atomic mass is 16.4. The molecule has 3 aliphatic carbocycles. The van der Waals surface area contributed by atoms with E-state index in [0.717, 1.165) is 16.0 Å². The van der Waals surface area contributed by atoms with E-state index in [1.165, 1.54) is 24.3 Å². The topological polar surface area (TPSA) is 112 Å². The molecule has 1 heterocycles. The lowest BCUT2D eigenvalue weighted by atomic mass is 9.47. The summed E-state index contributed by atoms with van der Waals surface area (Å²) >= 11 is 0. The van der Waals surface area contributed by atoms with Crippen LogP contribution in [0.5, 0.6) is 0 Å². The van der Waals surface area contributed by atoms with Crippen LogP contribution in [0, 0.1) is 11.8 Å². The van der Waals surface area contributed by atoms with Gasteiger partial charge in [-0.2, -0.15) is 0 Å². The van der Waals surface area contributed by atoms with Crippen molar-refractivity contribution in [3.8, 4) is 0 Å². The van der Waals surface area contributed by atoms with Crippen molar-refractivity contribution in [2.45, 2.75) is 11.3 Å². The predicted molar refractivity (Wildman–Crippen MR) is 116 cm³/mol. The van der Waals surface area contributed by atoms with Crippen LogP contribution < -0.4 is 4.90 Å². The second kappa shape index (κ2) is 6.38. The van der Waals surface area contributed by atoms with Crippen LogP contribution in [0.15, 0.2) is 72.8 Å². The molecule has 1 aliphatic heterocycles. The minimum Gasteiger partial charge on any atom is -0.480 e. The molecular formula is C26H17NO6. The molecule has 3 aromatic carbocycles. The third-order valence-electron chi connectivity index (χ3n) is 7.33. The minimum atomic E-state index is -1.69. The van der Waals surface area contributed by atoms with Gasteiger partial charge in [0, 0.05) is 5.92 Å². The number of carboxylic acids is 2. The van der Waals surface area contributed by atoms with E-state index >= 15 is 0 Å². The van der Waals surface area contributed by atoms with Gasteiger partial charge in [0.2, 0.25) is 11.8 Å². The zero-order chi connectivity index (χ0) is 23.1. The van der Waals surface area contributed by atoms with Gasteiger partial charge in [0.25, 0.3) is 0 Å². The number of nitrogens with zero attached hydrogens (tertiary/aromatic N) is 1. The number of hydrogen-bond donors (Lipinski definition) is 2. The number of anilines is 1. The number of aromatic carboxylic acids is 1. The van der Waals surface area contributed by atoms with Crippen molar-refractivity contribution in [3.05, 3.63) is 101 Å². The van der Waals surface area contributed by atoms with Crippen molar-refractivity contribution in [3.63, 3.8) is 0 Å². The van der Waals surface area contributed by atoms with E-state index in [1.807, 2.05) is 24.3 Å². The maximum absolute atomic E-state index is 13.8. The zero-order valence-electron chi connectivity index (χ0n) is 17.1. The number of amides is 2. The Morgan fingerprint density at radius 1 is 0.758 bits per heavy atom. The average molecular weight is 439 g/mol. The fraction of sp³-hybridized carbons (Fsp3) is 0.154. The van der Waals surface area contributed by atoms with Crippen LogP contribution in [0.1, 0.15) is 38.5 Å². The summed E-state index contributed by atoms with van der Waals surface area (Å²) in [6, 6.07) is 19.8. The normalized spacial score (nSPS) is 26.5. The summed E-state index contributed by atoms with van der Waals surface area (Å²) in [5, 5.41) is 19.8. The Hall–Kier alpha value is -4.26. The van der Waals surface area contributed by atoms with Crippen LogP contribution in [0.2, 0.25) is 0 Å². The van der Waals surface area contributed by atoms with Crippen LogP contribution in [0.4, 0.5) is 5.69 Å². The first kappa shape index (κ1) is 19.4. The Bertz CT molecular complexity index is 1340. The molecule has 0 aromatic heterocycles. The van der Waals surface area contributed by atoms with Crippen molar-refractivity contribution < 1.29 is 29.4 Å². The Balaban J connectivity index is 1.61. The lowest BCUT2D eigenvalue weighted by Gasteiger charge is -2.51. The van der Waals surface area contributed by atoms with Gasteiger partial charge in [-0.15, -0.1) is 0 Å². The van der Waals surface area contributed by atoms with E-state index in [9.17, 15) is 29.4 Å². The predicted octanol–water partition coefficient (Wildman–Crippen LogP) is 3.02. The number of carbonyl (C=O) groups is 4. The molecule has 0 spiro atoms. The number of rotatable bonds is 3. The number of aliphatic carboxylic acids is 1. The second-order valence-corrected chi connectivity index (χ2v) is 8.63. The van der Waals surface area contributed by atoms with E-state index in [0.29, 0.717) is 11.1 Å². The fourth-order valence-electron chi connectivity index (χ4n) is 6.14. The molecule has 2 N–H and O–H groups in total. The summed E-state index contributed by atoms with van der Waals surface area (Å²) < 4.78 is 0. The molecular weight excluding hydrogens is 422 g/mol. The molecule has 0 unspecified atom stereocenters. The van der Waals surface area contributed by atoms with Crippen LogP contribution in [0.3, 0.4) is 0 Å². The minimum absolute atomic E-state index is 0.0251. The van der Waals surface area contributed by atoms with Crippen LogP contribution in [0.25, 0.3) is 0 Å². The maximum atomic E-state index is 13.8. The van der Waals surface area contributed by atoms with Crippen LogP contribution in [-0.2, 0) is 19.8 Å². The van der Waals surface area contributed by atoms with E-state index in [4.69, 9.17) is 0 Å². The summed E-state index contributed by atoms with van der Waals surface area (Å²) in [5.74, 6) is -5.74. The SMILES string of the molecule is O=C(O)c1ccc(N2C(=O)[C@@H]3[C@@H](C2=O)C2c4ccccc4C3(C(=O)O)c3ccccc32)cc1. The Kier molecular flexibility index (Phi) is 3.76. The molecule has 3 aromatic rings. The van der Waals surface area contributed by atoms with E-state index in [-0.39, 0.29) is 11.3 Å². The molecule has 7 nitrogen and oxygen atoms in total. The summed E-state index contributed by atoms with van der Waals surface area (Å²) in [7, 11) is 0. The molecule has 4 aliphatic rings. The third kappa shape index (κ3) is 2.18. The van der Waals surface area contributed by atoms with Gasteiger partial charge in [0.05, 0.1) is 23.1 Å². The van der Waals surface area contributed by atoms with Gasteiger partial charge in [-0.25, -0.2) is 9.69 Å². The molecule has 7 rings (SSSR count). The van der Waals surface area contributed by atoms with E-state index < -0.39 is 46.9 Å². The lowest BCUT2D eigenvalue weighted by Crippen LogP contribution is -2.57. The van der Waals surface area contributed by atoms with Gasteiger partial charge in [0.1, 0.15) is 5.41 Å². The number of imide groups is 1. The van der Waals surface area contributed by atoms with Gasteiger partial charge in [-0.3, -0.25) is 14.4 Å². The summed E-state index contributed by atoms with van der Waals surface area (Å²) in [6.07, 6.45) is 0. The third-order valence-corrected chi connectivity index (χ3v) is 7.33. The van der Waals surface area contributed by atoms with Crippen molar-refractivity contribution in [2.75, 3.05) is 4.90 Å². The fourth-order valence-corrected chi connectivity index (χ4v) is 6.14. The van der Waals surface area contributed by atoms with E-state index in [2.05, 4.69) is 0 Å². The molecule has 7 heteroatoms. The quantitative estimate of drug-likeness (QED) is 0.607. The summed E-state index contributed by atoms with van der Waals surface area (Å²) in [5.41, 5.74) is 1.18. The molecule has 2 bridgehead atoms. The van der Waals surface area contributed by atoms with Gasteiger partial charge in [-0.1, -0.05) is 48.5 Å². The lowest BCUT2D eigenvalue weighted by molar-refractivity contribution is -0.149. The summed E-state index contributed by atoms with van der Waals surface area (Å²) in [6.45, 7) is 0. The molecule has 33 heavy (non-hydrogen) atoms. The Morgan fingerprint density at radius 3 is 1.82 bits per heavy atom. The van der Waals surface area contributed by atoms with Gasteiger partial charge in [-0.05, 0) is 46.5 Å². The molecule has 0 saturated carbocycles.